The van der Waals surface area contributed by atoms with Crippen LogP contribution in [0.5, 0.6) is 5.75 Å². The van der Waals surface area contributed by atoms with Crippen molar-refractivity contribution in [3.05, 3.63) is 66.7 Å². The minimum absolute atomic E-state index is 0.0948. The summed E-state index contributed by atoms with van der Waals surface area (Å²) in [5.74, 6) is 1.53. The number of aromatic nitrogens is 3. The van der Waals surface area contributed by atoms with E-state index in [0.717, 1.165) is 16.8 Å². The smallest absolute Gasteiger partial charge is 0.234 e. The minimum atomic E-state index is -0.0948. The van der Waals surface area contributed by atoms with Crippen molar-refractivity contribution in [2.45, 2.75) is 18.6 Å². The van der Waals surface area contributed by atoms with E-state index in [1.807, 2.05) is 60.0 Å². The number of amides is 1. The molecule has 1 amide bonds. The van der Waals surface area contributed by atoms with Crippen molar-refractivity contribution < 1.29 is 9.53 Å². The predicted octanol–water partition coefficient (Wildman–Crippen LogP) is 4.18. The second kappa shape index (κ2) is 9.23. The van der Waals surface area contributed by atoms with E-state index in [2.05, 4.69) is 22.1 Å². The number of ether oxygens (including phenoxy) is 1. The van der Waals surface area contributed by atoms with Crippen molar-refractivity contribution in [2.75, 3.05) is 18.2 Å². The van der Waals surface area contributed by atoms with Crippen molar-refractivity contribution in [3.8, 4) is 17.1 Å². The number of hydrogen-bond acceptors (Lipinski definition) is 5. The van der Waals surface area contributed by atoms with Gasteiger partial charge in [0.15, 0.2) is 11.0 Å². The first-order valence-corrected chi connectivity index (χ1v) is 9.77. The topological polar surface area (TPSA) is 69.0 Å². The third kappa shape index (κ3) is 4.61. The standard InChI is InChI=1S/C21H22N4O2S/c1-4-12-25-20(17-10-5-6-11-18(17)27-3)23-24-21(25)28-14-19(26)22-16-9-7-8-15(2)13-16/h4-11,13H,1,12,14H2,2-3H3,(H,22,26). The van der Waals surface area contributed by atoms with Gasteiger partial charge in [-0.3, -0.25) is 9.36 Å². The van der Waals surface area contributed by atoms with Crippen LogP contribution in [0.4, 0.5) is 5.69 Å². The van der Waals surface area contributed by atoms with Crippen molar-refractivity contribution in [1.82, 2.24) is 14.8 Å². The molecule has 7 heteroatoms. The summed E-state index contributed by atoms with van der Waals surface area (Å²) in [5.41, 5.74) is 2.72. The average Bonchev–Trinajstić information content (AvgIpc) is 3.09. The predicted molar refractivity (Wildman–Crippen MR) is 113 cm³/mol. The zero-order valence-electron chi connectivity index (χ0n) is 15.9. The van der Waals surface area contributed by atoms with Gasteiger partial charge in [0.1, 0.15) is 5.75 Å². The normalized spacial score (nSPS) is 10.5. The molecular formula is C21H22N4O2S. The van der Waals surface area contributed by atoms with Crippen LogP contribution in [0.1, 0.15) is 5.56 Å². The van der Waals surface area contributed by atoms with Gasteiger partial charge in [-0.1, -0.05) is 42.1 Å². The summed E-state index contributed by atoms with van der Waals surface area (Å²) in [7, 11) is 1.62. The fraction of sp³-hybridized carbons (Fsp3) is 0.190. The third-order valence-electron chi connectivity index (χ3n) is 4.01. The lowest BCUT2D eigenvalue weighted by Crippen LogP contribution is -2.14. The van der Waals surface area contributed by atoms with Crippen LogP contribution in [0, 0.1) is 6.92 Å². The van der Waals surface area contributed by atoms with E-state index >= 15 is 0 Å². The Labute approximate surface area is 168 Å². The molecule has 0 spiro atoms. The summed E-state index contributed by atoms with van der Waals surface area (Å²) >= 11 is 1.34. The van der Waals surface area contributed by atoms with Gasteiger partial charge >= 0.3 is 0 Å². The van der Waals surface area contributed by atoms with Gasteiger partial charge in [-0.05, 0) is 36.8 Å². The summed E-state index contributed by atoms with van der Waals surface area (Å²) in [4.78, 5) is 12.3. The lowest BCUT2D eigenvalue weighted by molar-refractivity contribution is -0.113. The van der Waals surface area contributed by atoms with Gasteiger partial charge in [0.25, 0.3) is 0 Å². The number of anilines is 1. The summed E-state index contributed by atoms with van der Waals surface area (Å²) in [6, 6.07) is 15.3. The van der Waals surface area contributed by atoms with E-state index in [9.17, 15) is 4.79 Å². The largest absolute Gasteiger partial charge is 0.496 e. The second-order valence-corrected chi connectivity index (χ2v) is 7.05. The molecule has 0 fully saturated rings. The highest BCUT2D eigenvalue weighted by Crippen LogP contribution is 2.30. The molecule has 0 unspecified atom stereocenters. The number of thioether (sulfide) groups is 1. The molecule has 1 heterocycles. The number of carbonyl (C=O) groups excluding carboxylic acids is 1. The van der Waals surface area contributed by atoms with E-state index in [1.165, 1.54) is 11.8 Å². The molecule has 28 heavy (non-hydrogen) atoms. The number of methoxy groups -OCH3 is 1. The maximum absolute atomic E-state index is 12.3. The quantitative estimate of drug-likeness (QED) is 0.458. The van der Waals surface area contributed by atoms with Gasteiger partial charge in [0.05, 0.1) is 18.4 Å². The van der Waals surface area contributed by atoms with Gasteiger partial charge in [-0.25, -0.2) is 0 Å². The number of hydrogen-bond donors (Lipinski definition) is 1. The first-order valence-electron chi connectivity index (χ1n) is 8.79. The molecule has 6 nitrogen and oxygen atoms in total. The molecule has 0 aliphatic rings. The van der Waals surface area contributed by atoms with Gasteiger partial charge in [-0.15, -0.1) is 16.8 Å². The second-order valence-electron chi connectivity index (χ2n) is 6.11. The summed E-state index contributed by atoms with van der Waals surface area (Å²) < 4.78 is 7.36. The number of benzene rings is 2. The summed E-state index contributed by atoms with van der Waals surface area (Å²) in [6.07, 6.45) is 1.78. The lowest BCUT2D eigenvalue weighted by atomic mass is 10.2. The fourth-order valence-electron chi connectivity index (χ4n) is 2.77. The summed E-state index contributed by atoms with van der Waals surface area (Å²) in [5, 5.41) is 12.1. The van der Waals surface area contributed by atoms with Crippen LogP contribution in [0.15, 0.2) is 66.3 Å². The zero-order chi connectivity index (χ0) is 19.9. The van der Waals surface area contributed by atoms with E-state index < -0.39 is 0 Å². The lowest BCUT2D eigenvalue weighted by Gasteiger charge is -2.10. The monoisotopic (exact) mass is 394 g/mol. The number of para-hydroxylation sites is 1. The first-order chi connectivity index (χ1) is 13.6. The van der Waals surface area contributed by atoms with Gasteiger partial charge < -0.3 is 10.1 Å². The Morgan fingerprint density at radius 1 is 1.25 bits per heavy atom. The van der Waals surface area contributed by atoms with Crippen LogP contribution < -0.4 is 10.1 Å². The summed E-state index contributed by atoms with van der Waals surface area (Å²) in [6.45, 7) is 6.33. The SMILES string of the molecule is C=CCn1c(SCC(=O)Nc2cccc(C)c2)nnc1-c1ccccc1OC. The molecule has 0 bridgehead atoms. The highest BCUT2D eigenvalue weighted by Gasteiger charge is 2.17. The molecular weight excluding hydrogens is 372 g/mol. The molecule has 3 aromatic rings. The maximum Gasteiger partial charge on any atom is 0.234 e. The number of rotatable bonds is 8. The van der Waals surface area contributed by atoms with Crippen molar-refractivity contribution >= 4 is 23.4 Å². The Bertz CT molecular complexity index is 984. The van der Waals surface area contributed by atoms with Crippen LogP contribution >= 0.6 is 11.8 Å². The Kier molecular flexibility index (Phi) is 6.49. The molecule has 0 aliphatic carbocycles. The molecule has 2 aromatic carbocycles. The molecule has 1 N–H and O–H groups in total. The van der Waals surface area contributed by atoms with E-state index in [1.54, 1.807) is 13.2 Å². The maximum atomic E-state index is 12.3. The van der Waals surface area contributed by atoms with E-state index in [-0.39, 0.29) is 11.7 Å². The van der Waals surface area contributed by atoms with Gasteiger partial charge in [0.2, 0.25) is 5.91 Å². The molecule has 0 saturated carbocycles. The van der Waals surface area contributed by atoms with Gasteiger partial charge in [0, 0.05) is 12.2 Å². The molecule has 0 aliphatic heterocycles. The molecule has 1 aromatic heterocycles. The number of carbonyl (C=O) groups is 1. The van der Waals surface area contributed by atoms with Crippen LogP contribution in [0.3, 0.4) is 0 Å². The van der Waals surface area contributed by atoms with Crippen LogP contribution in [0.2, 0.25) is 0 Å². The van der Waals surface area contributed by atoms with Crippen LogP contribution in [0.25, 0.3) is 11.4 Å². The highest BCUT2D eigenvalue weighted by molar-refractivity contribution is 7.99. The molecule has 144 valence electrons. The minimum Gasteiger partial charge on any atom is -0.496 e. The van der Waals surface area contributed by atoms with Gasteiger partial charge in [-0.2, -0.15) is 0 Å². The van der Waals surface area contributed by atoms with Crippen molar-refractivity contribution in [1.29, 1.82) is 0 Å². The number of aryl methyl sites for hydroxylation is 1. The van der Waals surface area contributed by atoms with E-state index in [4.69, 9.17) is 4.74 Å². The molecule has 0 radical (unpaired) electrons. The van der Waals surface area contributed by atoms with Crippen molar-refractivity contribution in [3.63, 3.8) is 0 Å². The Balaban J connectivity index is 1.76. The zero-order valence-corrected chi connectivity index (χ0v) is 16.7. The van der Waals surface area contributed by atoms with E-state index in [0.29, 0.717) is 23.3 Å². The molecule has 3 rings (SSSR count). The number of nitrogens with one attached hydrogen (secondary N) is 1. The van der Waals surface area contributed by atoms with Crippen LogP contribution in [-0.2, 0) is 11.3 Å². The average molecular weight is 395 g/mol. The van der Waals surface area contributed by atoms with Crippen molar-refractivity contribution in [2.24, 2.45) is 0 Å². The Hall–Kier alpha value is -3.06. The third-order valence-corrected chi connectivity index (χ3v) is 4.98. The first kappa shape index (κ1) is 19.7. The fourth-order valence-corrected chi connectivity index (χ4v) is 3.52. The number of nitrogens with zero attached hydrogens (tertiary/aromatic N) is 3. The highest BCUT2D eigenvalue weighted by atomic mass is 32.2. The molecule has 0 atom stereocenters. The Morgan fingerprint density at radius 3 is 2.82 bits per heavy atom. The van der Waals surface area contributed by atoms with Crippen LogP contribution in [-0.4, -0.2) is 33.5 Å². The Morgan fingerprint density at radius 2 is 2.07 bits per heavy atom. The molecule has 0 saturated heterocycles. The number of allylic oxidation sites excluding steroid dienone is 1.